The van der Waals surface area contributed by atoms with Gasteiger partial charge in [0, 0.05) is 11.4 Å². The minimum atomic E-state index is -4.02. The number of halogens is 3. The Morgan fingerprint density at radius 1 is 1.03 bits per heavy atom. The Bertz CT molecular complexity index is 1130. The molecular weight excluding hydrogens is 423 g/mol. The van der Waals surface area contributed by atoms with Gasteiger partial charge in [0.25, 0.3) is 5.91 Å². The minimum absolute atomic E-state index is 0.110. The van der Waals surface area contributed by atoms with Gasteiger partial charge in [-0.05, 0) is 54.3 Å². The van der Waals surface area contributed by atoms with Gasteiger partial charge >= 0.3 is 0 Å². The van der Waals surface area contributed by atoms with E-state index in [0.29, 0.717) is 4.88 Å². The first-order valence-corrected chi connectivity index (χ1v) is 10.9. The van der Waals surface area contributed by atoms with Crippen LogP contribution in [-0.2, 0) is 9.84 Å². The van der Waals surface area contributed by atoms with Crippen molar-refractivity contribution in [1.82, 2.24) is 5.32 Å². The van der Waals surface area contributed by atoms with Crippen LogP contribution in [0, 0.1) is 24.4 Å². The molecule has 0 spiro atoms. The highest BCUT2D eigenvalue weighted by molar-refractivity contribution is 7.91. The molecule has 0 unspecified atom stereocenters. The van der Waals surface area contributed by atoms with E-state index in [1.165, 1.54) is 13.0 Å². The molecule has 0 bridgehead atoms. The second-order valence-corrected chi connectivity index (χ2v) is 9.38. The lowest BCUT2D eigenvalue weighted by Gasteiger charge is -2.18. The summed E-state index contributed by atoms with van der Waals surface area (Å²) in [6.07, 6.45) is 0. The van der Waals surface area contributed by atoms with E-state index in [1.54, 1.807) is 17.5 Å². The first-order valence-electron chi connectivity index (χ1n) is 8.47. The van der Waals surface area contributed by atoms with Crippen LogP contribution in [0.1, 0.15) is 26.0 Å². The highest BCUT2D eigenvalue weighted by atomic mass is 32.2. The van der Waals surface area contributed by atoms with Crippen LogP contribution in [-0.4, -0.2) is 20.9 Å². The zero-order chi connectivity index (χ0) is 21.2. The summed E-state index contributed by atoms with van der Waals surface area (Å²) in [5.41, 5.74) is -0.624. The molecule has 1 N–H and O–H groups in total. The summed E-state index contributed by atoms with van der Waals surface area (Å²) in [5.74, 6) is -3.70. The quantitative estimate of drug-likeness (QED) is 0.579. The first-order chi connectivity index (χ1) is 13.7. The van der Waals surface area contributed by atoms with Gasteiger partial charge in [0.1, 0.15) is 28.3 Å². The molecule has 3 rings (SSSR count). The lowest BCUT2D eigenvalue weighted by atomic mass is 10.2. The van der Waals surface area contributed by atoms with E-state index in [1.807, 2.05) is 0 Å². The summed E-state index contributed by atoms with van der Waals surface area (Å²) in [5, 5.41) is 2.78. The van der Waals surface area contributed by atoms with Gasteiger partial charge in [0.2, 0.25) is 0 Å². The molecule has 1 amide bonds. The van der Waals surface area contributed by atoms with Crippen molar-refractivity contribution in [3.63, 3.8) is 0 Å². The fourth-order valence-corrected chi connectivity index (χ4v) is 5.65. The third kappa shape index (κ3) is 4.35. The highest BCUT2D eigenvalue weighted by Gasteiger charge is 2.31. The van der Waals surface area contributed by atoms with Crippen molar-refractivity contribution in [1.29, 1.82) is 0 Å². The maximum absolute atomic E-state index is 13.8. The van der Waals surface area contributed by atoms with Crippen molar-refractivity contribution >= 4 is 27.1 Å². The van der Waals surface area contributed by atoms with Crippen molar-refractivity contribution in [2.75, 3.05) is 6.54 Å². The maximum atomic E-state index is 13.8. The van der Waals surface area contributed by atoms with Gasteiger partial charge in [-0.1, -0.05) is 12.1 Å². The van der Waals surface area contributed by atoms with Crippen LogP contribution >= 0.6 is 11.3 Å². The van der Waals surface area contributed by atoms with Crippen LogP contribution in [0.5, 0.6) is 0 Å². The van der Waals surface area contributed by atoms with Gasteiger partial charge in [0.05, 0.1) is 4.90 Å². The second-order valence-electron chi connectivity index (χ2n) is 6.27. The normalized spacial score (nSPS) is 12.6. The predicted molar refractivity (Wildman–Crippen MR) is 104 cm³/mol. The number of carbonyl (C=O) groups is 1. The Balaban J connectivity index is 1.93. The number of amides is 1. The smallest absolute Gasteiger partial charge is 0.257 e. The Morgan fingerprint density at radius 3 is 2.31 bits per heavy atom. The van der Waals surface area contributed by atoms with E-state index in [0.717, 1.165) is 41.7 Å². The van der Waals surface area contributed by atoms with E-state index in [2.05, 4.69) is 5.32 Å². The van der Waals surface area contributed by atoms with E-state index in [9.17, 15) is 26.4 Å². The number of rotatable bonds is 6. The van der Waals surface area contributed by atoms with Gasteiger partial charge in [-0.2, -0.15) is 0 Å². The molecule has 4 nitrogen and oxygen atoms in total. The fraction of sp³-hybridized carbons (Fsp3) is 0.150. The highest BCUT2D eigenvalue weighted by Crippen LogP contribution is 2.32. The van der Waals surface area contributed by atoms with Gasteiger partial charge in [-0.15, -0.1) is 11.3 Å². The molecule has 0 radical (unpaired) electrons. The molecular formula is C20H16F3NO3S2. The first kappa shape index (κ1) is 21.1. The third-order valence-corrected chi connectivity index (χ3v) is 7.55. The average Bonchev–Trinajstić information content (AvgIpc) is 3.18. The molecule has 0 saturated heterocycles. The second kappa shape index (κ2) is 8.38. The van der Waals surface area contributed by atoms with E-state index in [4.69, 9.17) is 0 Å². The molecule has 0 aliphatic heterocycles. The van der Waals surface area contributed by atoms with E-state index < -0.39 is 50.6 Å². The monoisotopic (exact) mass is 439 g/mol. The molecule has 152 valence electrons. The van der Waals surface area contributed by atoms with Crippen LogP contribution in [0.15, 0.2) is 58.8 Å². The standard InChI is InChI=1S/C20H16F3NO3S2/c1-12-10-13(7-8-14(12)21)29(26,27)18(17-6-3-9-28-17)11-24-20(25)19-15(22)4-2-5-16(19)23/h2-10,18H,11H2,1H3,(H,24,25)/t18-/m1/s1. The van der Waals surface area contributed by atoms with Crippen molar-refractivity contribution < 1.29 is 26.4 Å². The molecule has 3 aromatic rings. The number of hydrogen-bond acceptors (Lipinski definition) is 4. The molecule has 1 aromatic heterocycles. The summed E-state index contributed by atoms with van der Waals surface area (Å²) >= 11 is 1.16. The number of carbonyl (C=O) groups excluding carboxylic acids is 1. The van der Waals surface area contributed by atoms with Crippen LogP contribution in [0.2, 0.25) is 0 Å². The maximum Gasteiger partial charge on any atom is 0.257 e. The Morgan fingerprint density at radius 2 is 1.72 bits per heavy atom. The topological polar surface area (TPSA) is 63.2 Å². The number of nitrogens with one attached hydrogen (secondary N) is 1. The summed E-state index contributed by atoms with van der Waals surface area (Å²) in [4.78, 5) is 12.6. The average molecular weight is 439 g/mol. The third-order valence-electron chi connectivity index (χ3n) is 4.33. The van der Waals surface area contributed by atoms with E-state index in [-0.39, 0.29) is 10.5 Å². The Kier molecular flexibility index (Phi) is 6.09. The molecule has 9 heteroatoms. The summed E-state index contributed by atoms with van der Waals surface area (Å²) in [6.45, 7) is 1.03. The summed E-state index contributed by atoms with van der Waals surface area (Å²) in [6, 6.07) is 9.65. The van der Waals surface area contributed by atoms with Gasteiger partial charge in [0.15, 0.2) is 9.84 Å². The molecule has 0 saturated carbocycles. The molecule has 0 aliphatic rings. The van der Waals surface area contributed by atoms with Crippen LogP contribution in [0.4, 0.5) is 13.2 Å². The van der Waals surface area contributed by atoms with Crippen molar-refractivity contribution in [3.8, 4) is 0 Å². The molecule has 29 heavy (non-hydrogen) atoms. The number of aryl methyl sites for hydroxylation is 1. The molecule has 2 aromatic carbocycles. The van der Waals surface area contributed by atoms with Gasteiger partial charge in [-0.3, -0.25) is 4.79 Å². The molecule has 1 atom stereocenters. The predicted octanol–water partition coefficient (Wildman–Crippen LogP) is 4.42. The Hall–Kier alpha value is -2.65. The van der Waals surface area contributed by atoms with Gasteiger partial charge < -0.3 is 5.32 Å². The number of sulfone groups is 1. The van der Waals surface area contributed by atoms with Crippen LogP contribution in [0.3, 0.4) is 0 Å². The van der Waals surface area contributed by atoms with Crippen LogP contribution in [0.25, 0.3) is 0 Å². The van der Waals surface area contributed by atoms with E-state index >= 15 is 0 Å². The molecule has 0 aliphatic carbocycles. The minimum Gasteiger partial charge on any atom is -0.350 e. The summed E-state index contributed by atoms with van der Waals surface area (Å²) in [7, 11) is -4.02. The molecule has 0 fully saturated rings. The zero-order valence-electron chi connectivity index (χ0n) is 15.2. The van der Waals surface area contributed by atoms with Gasteiger partial charge in [-0.25, -0.2) is 21.6 Å². The zero-order valence-corrected chi connectivity index (χ0v) is 16.8. The van der Waals surface area contributed by atoms with Crippen molar-refractivity contribution in [2.24, 2.45) is 0 Å². The van der Waals surface area contributed by atoms with Crippen molar-refractivity contribution in [3.05, 3.63) is 87.4 Å². The van der Waals surface area contributed by atoms with Crippen LogP contribution < -0.4 is 5.32 Å². The lowest BCUT2D eigenvalue weighted by molar-refractivity contribution is 0.0945. The van der Waals surface area contributed by atoms with Crippen molar-refractivity contribution in [2.45, 2.75) is 17.1 Å². The number of thiophene rings is 1. The summed E-state index contributed by atoms with van der Waals surface area (Å²) < 4.78 is 67.5. The Labute approximate surface area is 169 Å². The molecule has 1 heterocycles. The fourth-order valence-electron chi connectivity index (χ4n) is 2.78. The number of benzene rings is 2. The lowest BCUT2D eigenvalue weighted by Crippen LogP contribution is -2.32. The SMILES string of the molecule is Cc1cc(S(=O)(=O)[C@H](CNC(=O)c2c(F)cccc2F)c2cccs2)ccc1F. The largest absolute Gasteiger partial charge is 0.350 e. The number of hydrogen-bond donors (Lipinski definition) is 1.